The number of hydrogen-bond acceptors (Lipinski definition) is 4. The van der Waals surface area contributed by atoms with Crippen LogP contribution < -0.4 is 0 Å². The van der Waals surface area contributed by atoms with Gasteiger partial charge in [0.2, 0.25) is 0 Å². The number of nitrogens with zero attached hydrogens (tertiary/aromatic N) is 2. The van der Waals surface area contributed by atoms with E-state index in [1.54, 1.807) is 5.38 Å². The van der Waals surface area contributed by atoms with Crippen LogP contribution in [0.15, 0.2) is 23.6 Å². The van der Waals surface area contributed by atoms with E-state index in [0.29, 0.717) is 5.69 Å². The van der Waals surface area contributed by atoms with Crippen molar-refractivity contribution in [1.29, 1.82) is 0 Å². The van der Waals surface area contributed by atoms with E-state index in [1.807, 2.05) is 0 Å². The van der Waals surface area contributed by atoms with E-state index in [2.05, 4.69) is 9.59 Å². The minimum absolute atomic E-state index is 0.0531. The molecule has 0 saturated heterocycles. The van der Waals surface area contributed by atoms with Crippen LogP contribution in [0.1, 0.15) is 17.4 Å². The molecule has 1 unspecified atom stereocenters. The fourth-order valence-electron chi connectivity index (χ4n) is 1.32. The maximum atomic E-state index is 13.3. The van der Waals surface area contributed by atoms with E-state index in [4.69, 9.17) is 0 Å². The van der Waals surface area contributed by atoms with Crippen LogP contribution in [0, 0.1) is 11.6 Å². The van der Waals surface area contributed by atoms with E-state index in [9.17, 15) is 13.9 Å². The van der Waals surface area contributed by atoms with Gasteiger partial charge in [-0.2, -0.15) is 0 Å². The molecule has 0 fully saturated rings. The minimum atomic E-state index is -0.918. The molecule has 0 saturated carbocycles. The lowest BCUT2D eigenvalue weighted by Gasteiger charge is -2.07. The molecule has 0 amide bonds. The fraction of sp³-hybridized carbons (Fsp3) is 0.200. The smallest absolute Gasteiger partial charge is 0.129 e. The summed E-state index contributed by atoms with van der Waals surface area (Å²) in [5.41, 5.74) is 0.649. The molecular formula is C10H8F2N2OS. The Labute approximate surface area is 94.5 Å². The van der Waals surface area contributed by atoms with Crippen molar-refractivity contribution in [2.45, 2.75) is 12.5 Å². The first-order chi connectivity index (χ1) is 7.66. The summed E-state index contributed by atoms with van der Waals surface area (Å²) in [5.74, 6) is -1.30. The van der Waals surface area contributed by atoms with Gasteiger partial charge in [0.25, 0.3) is 0 Å². The molecule has 1 N–H and O–H groups in total. The van der Waals surface area contributed by atoms with Gasteiger partial charge in [0, 0.05) is 17.9 Å². The molecule has 0 aliphatic heterocycles. The number of aliphatic hydroxyl groups is 1. The van der Waals surface area contributed by atoms with Crippen molar-refractivity contribution in [1.82, 2.24) is 9.59 Å². The number of benzene rings is 1. The van der Waals surface area contributed by atoms with Gasteiger partial charge in [-0.05, 0) is 23.2 Å². The molecule has 0 aliphatic rings. The molecule has 0 bridgehead atoms. The maximum absolute atomic E-state index is 13.3. The number of rotatable bonds is 3. The van der Waals surface area contributed by atoms with Crippen molar-refractivity contribution in [3.63, 3.8) is 0 Å². The lowest BCUT2D eigenvalue weighted by molar-refractivity contribution is 0.172. The number of hydrogen-bond donors (Lipinski definition) is 1. The average molecular weight is 242 g/mol. The molecule has 84 valence electrons. The lowest BCUT2D eigenvalue weighted by atomic mass is 10.1. The van der Waals surface area contributed by atoms with Crippen LogP contribution in [0.3, 0.4) is 0 Å². The predicted octanol–water partition coefficient (Wildman–Crippen LogP) is 2.09. The van der Waals surface area contributed by atoms with Crippen molar-refractivity contribution in [3.05, 3.63) is 46.5 Å². The molecule has 6 heteroatoms. The molecule has 3 nitrogen and oxygen atoms in total. The number of aromatic nitrogens is 2. The van der Waals surface area contributed by atoms with Crippen LogP contribution in [0.4, 0.5) is 8.78 Å². The molecule has 1 aromatic heterocycles. The summed E-state index contributed by atoms with van der Waals surface area (Å²) >= 11 is 1.11. The van der Waals surface area contributed by atoms with Gasteiger partial charge in [-0.15, -0.1) is 5.10 Å². The van der Waals surface area contributed by atoms with E-state index in [-0.39, 0.29) is 12.0 Å². The minimum Gasteiger partial charge on any atom is -0.386 e. The largest absolute Gasteiger partial charge is 0.386 e. The molecule has 2 aromatic rings. The maximum Gasteiger partial charge on any atom is 0.129 e. The monoisotopic (exact) mass is 242 g/mol. The van der Waals surface area contributed by atoms with E-state index in [0.717, 1.165) is 23.7 Å². The van der Waals surface area contributed by atoms with Gasteiger partial charge < -0.3 is 5.11 Å². The van der Waals surface area contributed by atoms with Gasteiger partial charge in [-0.25, -0.2) is 8.78 Å². The van der Waals surface area contributed by atoms with Gasteiger partial charge in [0.05, 0.1) is 0 Å². The van der Waals surface area contributed by atoms with E-state index >= 15 is 0 Å². The molecule has 1 atom stereocenters. The molecule has 1 heterocycles. The zero-order valence-electron chi connectivity index (χ0n) is 8.10. The highest BCUT2D eigenvalue weighted by molar-refractivity contribution is 7.03. The first kappa shape index (κ1) is 11.1. The van der Waals surface area contributed by atoms with E-state index in [1.165, 1.54) is 6.07 Å². The standard InChI is InChI=1S/C10H8F2N2OS/c11-7-2-1-6(8(12)4-7)3-10(15)9-5-16-14-13-9/h1-2,4-5,10,15H,3H2. The number of halogens is 2. The lowest BCUT2D eigenvalue weighted by Crippen LogP contribution is -2.04. The van der Waals surface area contributed by atoms with Crippen molar-refractivity contribution in [3.8, 4) is 0 Å². The first-order valence-corrected chi connectivity index (χ1v) is 5.39. The van der Waals surface area contributed by atoms with Crippen LogP contribution >= 0.6 is 11.5 Å². The Balaban J connectivity index is 2.15. The van der Waals surface area contributed by atoms with Crippen molar-refractivity contribution in [2.24, 2.45) is 0 Å². The predicted molar refractivity (Wildman–Crippen MR) is 54.9 cm³/mol. The summed E-state index contributed by atoms with van der Waals surface area (Å²) < 4.78 is 29.5. The van der Waals surface area contributed by atoms with Crippen LogP contribution in [0.2, 0.25) is 0 Å². The molecule has 0 radical (unpaired) electrons. The quantitative estimate of drug-likeness (QED) is 0.896. The highest BCUT2D eigenvalue weighted by Crippen LogP contribution is 2.19. The summed E-state index contributed by atoms with van der Waals surface area (Å²) in [6.07, 6.45) is -0.865. The molecule has 1 aromatic carbocycles. The second kappa shape index (κ2) is 4.63. The van der Waals surface area contributed by atoms with Crippen LogP contribution in [-0.4, -0.2) is 14.7 Å². The Morgan fingerprint density at radius 2 is 2.19 bits per heavy atom. The first-order valence-electron chi connectivity index (χ1n) is 4.56. The Bertz CT molecular complexity index is 476. The van der Waals surface area contributed by atoms with Gasteiger partial charge in [-0.1, -0.05) is 10.6 Å². The third-order valence-electron chi connectivity index (χ3n) is 2.15. The van der Waals surface area contributed by atoms with Crippen LogP contribution in [-0.2, 0) is 6.42 Å². The third kappa shape index (κ3) is 2.40. The van der Waals surface area contributed by atoms with Gasteiger partial charge in [0.1, 0.15) is 23.4 Å². The second-order valence-corrected chi connectivity index (χ2v) is 3.90. The van der Waals surface area contributed by atoms with Gasteiger partial charge in [0.15, 0.2) is 0 Å². The molecule has 2 rings (SSSR count). The Morgan fingerprint density at radius 3 is 2.81 bits per heavy atom. The Kier molecular flexibility index (Phi) is 3.21. The van der Waals surface area contributed by atoms with Gasteiger partial charge in [-0.3, -0.25) is 0 Å². The zero-order valence-corrected chi connectivity index (χ0v) is 8.92. The summed E-state index contributed by atoms with van der Waals surface area (Å²) in [5, 5.41) is 15.0. The van der Waals surface area contributed by atoms with Gasteiger partial charge >= 0.3 is 0 Å². The third-order valence-corrected chi connectivity index (χ3v) is 2.67. The van der Waals surface area contributed by atoms with Crippen LogP contribution in [0.5, 0.6) is 0 Å². The fourth-order valence-corrected chi connectivity index (χ4v) is 1.82. The second-order valence-electron chi connectivity index (χ2n) is 3.29. The highest BCUT2D eigenvalue weighted by Gasteiger charge is 2.14. The molecule has 0 spiro atoms. The average Bonchev–Trinajstić information content (AvgIpc) is 2.75. The zero-order chi connectivity index (χ0) is 11.5. The normalized spacial score (nSPS) is 12.7. The Hall–Kier alpha value is -1.40. The molecule has 0 aliphatic carbocycles. The van der Waals surface area contributed by atoms with E-state index < -0.39 is 17.7 Å². The summed E-state index contributed by atoms with van der Waals surface area (Å²) in [6, 6.07) is 3.26. The van der Waals surface area contributed by atoms with Crippen LogP contribution in [0.25, 0.3) is 0 Å². The van der Waals surface area contributed by atoms with Crippen molar-refractivity contribution >= 4 is 11.5 Å². The topological polar surface area (TPSA) is 46.0 Å². The molecule has 16 heavy (non-hydrogen) atoms. The van der Waals surface area contributed by atoms with Crippen molar-refractivity contribution < 1.29 is 13.9 Å². The SMILES string of the molecule is OC(Cc1ccc(F)cc1F)c1csnn1. The highest BCUT2D eigenvalue weighted by atomic mass is 32.1. The molecular weight excluding hydrogens is 234 g/mol. The number of aliphatic hydroxyl groups excluding tert-OH is 1. The summed E-state index contributed by atoms with van der Waals surface area (Å²) in [4.78, 5) is 0. The Morgan fingerprint density at radius 1 is 1.38 bits per heavy atom. The summed E-state index contributed by atoms with van der Waals surface area (Å²) in [7, 11) is 0. The summed E-state index contributed by atoms with van der Waals surface area (Å²) in [6.45, 7) is 0. The van der Waals surface area contributed by atoms with Crippen molar-refractivity contribution in [2.75, 3.05) is 0 Å².